The highest BCUT2D eigenvalue weighted by Crippen LogP contribution is 2.26. The maximum atomic E-state index is 13.0. The van der Waals surface area contributed by atoms with E-state index in [2.05, 4.69) is 58.1 Å². The molecule has 7 heteroatoms. The van der Waals surface area contributed by atoms with Crippen LogP contribution in [0.5, 0.6) is 0 Å². The van der Waals surface area contributed by atoms with E-state index in [1.54, 1.807) is 11.3 Å². The molecule has 6 nitrogen and oxygen atoms in total. The van der Waals surface area contributed by atoms with Crippen LogP contribution in [0.3, 0.4) is 0 Å². The number of aryl methyl sites for hydroxylation is 2. The number of carbonyl (C=O) groups is 2. The molecule has 0 saturated carbocycles. The van der Waals surface area contributed by atoms with Crippen molar-refractivity contribution in [3.05, 3.63) is 87.6 Å². The molecule has 0 unspecified atom stereocenters. The van der Waals surface area contributed by atoms with Gasteiger partial charge in [0.1, 0.15) is 0 Å². The number of piperidine rings is 1. The van der Waals surface area contributed by atoms with E-state index < -0.39 is 0 Å². The van der Waals surface area contributed by atoms with Gasteiger partial charge in [-0.3, -0.25) is 9.69 Å². The zero-order valence-corrected chi connectivity index (χ0v) is 21.2. The molecule has 2 aromatic carbocycles. The normalized spacial score (nSPS) is 16.9. The topological polar surface area (TPSA) is 73.5 Å². The first kappa shape index (κ1) is 24.9. The molecule has 0 radical (unpaired) electrons. The lowest BCUT2D eigenvalue weighted by molar-refractivity contribution is -0.123. The molecule has 1 aliphatic rings. The van der Waals surface area contributed by atoms with E-state index in [0.29, 0.717) is 19.0 Å². The molecule has 4 rings (SSSR count). The lowest BCUT2D eigenvalue weighted by Crippen LogP contribution is -2.46. The maximum absolute atomic E-state index is 13.0. The van der Waals surface area contributed by atoms with Crippen LogP contribution in [0.4, 0.5) is 10.5 Å². The van der Waals surface area contributed by atoms with E-state index in [9.17, 15) is 9.59 Å². The first-order chi connectivity index (χ1) is 17.0. The number of amides is 3. The molecule has 1 aromatic heterocycles. The van der Waals surface area contributed by atoms with Crippen molar-refractivity contribution in [1.29, 1.82) is 0 Å². The van der Waals surface area contributed by atoms with Crippen molar-refractivity contribution in [3.63, 3.8) is 0 Å². The van der Waals surface area contributed by atoms with E-state index in [0.717, 1.165) is 47.6 Å². The average molecular weight is 491 g/mol. The largest absolute Gasteiger partial charge is 0.343 e. The minimum absolute atomic E-state index is 0.0229. The third-order valence-electron chi connectivity index (χ3n) is 6.37. The fourth-order valence-electron chi connectivity index (χ4n) is 4.45. The van der Waals surface area contributed by atoms with Gasteiger partial charge in [-0.1, -0.05) is 53.6 Å². The Bertz CT molecular complexity index is 1100. The van der Waals surface area contributed by atoms with E-state index in [1.165, 1.54) is 5.56 Å². The summed E-state index contributed by atoms with van der Waals surface area (Å²) in [4.78, 5) is 28.6. The highest BCUT2D eigenvalue weighted by molar-refractivity contribution is 7.10. The molecule has 1 fully saturated rings. The van der Waals surface area contributed by atoms with Gasteiger partial charge in [-0.25, -0.2) is 4.79 Å². The number of rotatable bonds is 8. The quantitative estimate of drug-likeness (QED) is 0.411. The van der Waals surface area contributed by atoms with Gasteiger partial charge in [0.05, 0.1) is 12.6 Å². The average Bonchev–Trinajstić information content (AvgIpc) is 3.38. The van der Waals surface area contributed by atoms with Crippen LogP contribution < -0.4 is 16.0 Å². The molecule has 0 bridgehead atoms. The van der Waals surface area contributed by atoms with E-state index in [1.807, 2.05) is 42.6 Å². The highest BCUT2D eigenvalue weighted by atomic mass is 32.1. The van der Waals surface area contributed by atoms with Crippen molar-refractivity contribution in [1.82, 2.24) is 15.5 Å². The van der Waals surface area contributed by atoms with Crippen LogP contribution in [-0.4, -0.2) is 43.0 Å². The number of hydrogen-bond donors (Lipinski definition) is 3. The van der Waals surface area contributed by atoms with E-state index >= 15 is 0 Å². The SMILES string of the molecule is Cc1ccc(NC(=O)NC[C@@H]2CCCN(CC(=O)N[C@@H](c3ccc(C)cc3)c3cccs3)C2)cc1. The predicted molar refractivity (Wildman–Crippen MR) is 143 cm³/mol. The molecular formula is C28H34N4O2S. The van der Waals surface area contributed by atoms with Gasteiger partial charge in [0, 0.05) is 23.7 Å². The van der Waals surface area contributed by atoms with Crippen LogP contribution in [0.25, 0.3) is 0 Å². The van der Waals surface area contributed by atoms with Gasteiger partial charge in [-0.15, -0.1) is 11.3 Å². The summed E-state index contributed by atoms with van der Waals surface area (Å²) in [5.41, 5.74) is 4.23. The molecule has 3 amide bonds. The predicted octanol–water partition coefficient (Wildman–Crippen LogP) is 5.10. The van der Waals surface area contributed by atoms with Gasteiger partial charge in [0.2, 0.25) is 5.91 Å². The van der Waals surface area contributed by atoms with Crippen molar-refractivity contribution in [2.45, 2.75) is 32.7 Å². The summed E-state index contributed by atoms with van der Waals surface area (Å²) < 4.78 is 0. The molecule has 3 N–H and O–H groups in total. The number of benzene rings is 2. The van der Waals surface area contributed by atoms with Gasteiger partial charge in [0.15, 0.2) is 0 Å². The second-order valence-corrected chi connectivity index (χ2v) is 10.4. The Labute approximate surface area is 211 Å². The molecular weight excluding hydrogens is 456 g/mol. The monoisotopic (exact) mass is 490 g/mol. The van der Waals surface area contributed by atoms with Gasteiger partial charge in [-0.2, -0.15) is 0 Å². The molecule has 35 heavy (non-hydrogen) atoms. The number of anilines is 1. The molecule has 0 spiro atoms. The van der Waals surface area contributed by atoms with Crippen LogP contribution in [0.1, 0.15) is 40.5 Å². The summed E-state index contributed by atoms with van der Waals surface area (Å²) in [7, 11) is 0. The number of thiophene rings is 1. The fourth-order valence-corrected chi connectivity index (χ4v) is 5.26. The Morgan fingerprint density at radius 2 is 1.74 bits per heavy atom. The standard InChI is InChI=1S/C28H34N4O2S/c1-20-7-11-23(12-8-20)27(25-6-4-16-35-25)31-26(33)19-32-15-3-5-22(18-32)17-29-28(34)30-24-13-9-21(2)10-14-24/h4,6-14,16,22,27H,3,5,15,17-19H2,1-2H3,(H,31,33)(H2,29,30,34)/t22-,27-/m0/s1. The van der Waals surface area contributed by atoms with Gasteiger partial charge in [-0.05, 0) is 68.3 Å². The Morgan fingerprint density at radius 1 is 1.03 bits per heavy atom. The lowest BCUT2D eigenvalue weighted by Gasteiger charge is -2.32. The number of nitrogens with one attached hydrogen (secondary N) is 3. The van der Waals surface area contributed by atoms with Crippen molar-refractivity contribution in [2.24, 2.45) is 5.92 Å². The van der Waals surface area contributed by atoms with E-state index in [4.69, 9.17) is 0 Å². The second-order valence-electron chi connectivity index (χ2n) is 9.37. The zero-order chi connectivity index (χ0) is 24.6. The number of likely N-dealkylation sites (tertiary alicyclic amines) is 1. The second kappa shape index (κ2) is 12.0. The molecule has 1 saturated heterocycles. The highest BCUT2D eigenvalue weighted by Gasteiger charge is 2.24. The first-order valence-electron chi connectivity index (χ1n) is 12.2. The smallest absolute Gasteiger partial charge is 0.319 e. The molecule has 1 aliphatic heterocycles. The number of hydrogen-bond acceptors (Lipinski definition) is 4. The molecule has 184 valence electrons. The third-order valence-corrected chi connectivity index (χ3v) is 7.31. The third kappa shape index (κ3) is 7.41. The molecule has 3 aromatic rings. The summed E-state index contributed by atoms with van der Waals surface area (Å²) in [5, 5.41) is 11.2. The summed E-state index contributed by atoms with van der Waals surface area (Å²) in [6, 6.07) is 19.8. The summed E-state index contributed by atoms with van der Waals surface area (Å²) >= 11 is 1.65. The number of urea groups is 1. The van der Waals surface area contributed by atoms with Gasteiger partial charge in [0.25, 0.3) is 0 Å². The minimum atomic E-state index is -0.194. The van der Waals surface area contributed by atoms with Crippen molar-refractivity contribution >= 4 is 29.0 Å². The Morgan fingerprint density at radius 3 is 2.43 bits per heavy atom. The Balaban J connectivity index is 1.27. The molecule has 2 atom stereocenters. The zero-order valence-electron chi connectivity index (χ0n) is 20.4. The van der Waals surface area contributed by atoms with Gasteiger partial charge >= 0.3 is 6.03 Å². The molecule has 2 heterocycles. The number of nitrogens with zero attached hydrogens (tertiary/aromatic N) is 1. The Hall–Kier alpha value is -3.16. The summed E-state index contributed by atoms with van der Waals surface area (Å²) in [5.74, 6) is 0.347. The Kier molecular flexibility index (Phi) is 8.55. The molecule has 0 aliphatic carbocycles. The maximum Gasteiger partial charge on any atom is 0.319 e. The lowest BCUT2D eigenvalue weighted by atomic mass is 9.98. The van der Waals surface area contributed by atoms with Crippen LogP contribution in [0.15, 0.2) is 66.0 Å². The summed E-state index contributed by atoms with van der Waals surface area (Å²) in [6.45, 7) is 6.73. The minimum Gasteiger partial charge on any atom is -0.343 e. The van der Waals surface area contributed by atoms with Crippen molar-refractivity contribution in [2.75, 3.05) is 31.5 Å². The fraction of sp³-hybridized carbons (Fsp3) is 0.357. The van der Waals surface area contributed by atoms with Crippen molar-refractivity contribution in [3.8, 4) is 0 Å². The first-order valence-corrected chi connectivity index (χ1v) is 13.1. The number of carbonyl (C=O) groups excluding carboxylic acids is 2. The van der Waals surface area contributed by atoms with Crippen LogP contribution in [0, 0.1) is 19.8 Å². The van der Waals surface area contributed by atoms with Gasteiger partial charge < -0.3 is 16.0 Å². The van der Waals surface area contributed by atoms with Crippen LogP contribution in [0.2, 0.25) is 0 Å². The summed E-state index contributed by atoms with van der Waals surface area (Å²) in [6.07, 6.45) is 2.07. The van der Waals surface area contributed by atoms with Crippen LogP contribution >= 0.6 is 11.3 Å². The van der Waals surface area contributed by atoms with E-state index in [-0.39, 0.29) is 18.0 Å². The van der Waals surface area contributed by atoms with Crippen LogP contribution in [-0.2, 0) is 4.79 Å². The van der Waals surface area contributed by atoms with Crippen molar-refractivity contribution < 1.29 is 9.59 Å².